The van der Waals surface area contributed by atoms with Crippen molar-refractivity contribution < 1.29 is 9.26 Å². The molecule has 1 fully saturated rings. The third kappa shape index (κ3) is 1.82. The average molecular weight is 248 g/mol. The van der Waals surface area contributed by atoms with Crippen LogP contribution in [0.3, 0.4) is 0 Å². The molecule has 2 aromatic rings. The molecule has 0 atom stereocenters. The molecule has 0 aromatic carbocycles. The standard InChI is InChI=1S/C12H16N4O2/c1-2-17-12(5-3-4-6-12)11-15-10(16-18-11)9-7-13-14-8-9/h7-8H,2-6H2,1H3,(H,13,14). The van der Waals surface area contributed by atoms with E-state index >= 15 is 0 Å². The van der Waals surface area contributed by atoms with Crippen LogP contribution in [0.15, 0.2) is 16.9 Å². The minimum Gasteiger partial charge on any atom is -0.365 e. The van der Waals surface area contributed by atoms with Crippen LogP contribution in [0.25, 0.3) is 11.4 Å². The maximum Gasteiger partial charge on any atom is 0.259 e. The molecule has 0 aliphatic heterocycles. The molecule has 1 saturated carbocycles. The molecule has 0 bridgehead atoms. The van der Waals surface area contributed by atoms with E-state index in [9.17, 15) is 0 Å². The lowest BCUT2D eigenvalue weighted by Gasteiger charge is -2.24. The monoisotopic (exact) mass is 248 g/mol. The van der Waals surface area contributed by atoms with Gasteiger partial charge in [0.2, 0.25) is 5.82 Å². The number of H-pyrrole nitrogens is 1. The van der Waals surface area contributed by atoms with Gasteiger partial charge >= 0.3 is 0 Å². The third-order valence-corrected chi connectivity index (χ3v) is 3.40. The summed E-state index contributed by atoms with van der Waals surface area (Å²) in [4.78, 5) is 4.46. The highest BCUT2D eigenvalue weighted by molar-refractivity contribution is 5.50. The summed E-state index contributed by atoms with van der Waals surface area (Å²) in [5, 5.41) is 10.6. The van der Waals surface area contributed by atoms with Crippen LogP contribution in [0.2, 0.25) is 0 Å². The van der Waals surface area contributed by atoms with E-state index in [1.54, 1.807) is 12.4 Å². The first-order chi connectivity index (χ1) is 8.84. The highest BCUT2D eigenvalue weighted by atomic mass is 16.5. The van der Waals surface area contributed by atoms with Gasteiger partial charge in [0.05, 0.1) is 11.8 Å². The van der Waals surface area contributed by atoms with E-state index in [4.69, 9.17) is 9.26 Å². The van der Waals surface area contributed by atoms with Crippen LogP contribution >= 0.6 is 0 Å². The van der Waals surface area contributed by atoms with E-state index in [-0.39, 0.29) is 5.60 Å². The van der Waals surface area contributed by atoms with Gasteiger partial charge in [0.25, 0.3) is 5.89 Å². The zero-order chi connectivity index (χ0) is 12.4. The quantitative estimate of drug-likeness (QED) is 0.898. The van der Waals surface area contributed by atoms with Crippen molar-refractivity contribution in [3.05, 3.63) is 18.3 Å². The van der Waals surface area contributed by atoms with Crippen LogP contribution < -0.4 is 0 Å². The van der Waals surface area contributed by atoms with Crippen molar-refractivity contribution in [2.75, 3.05) is 6.61 Å². The van der Waals surface area contributed by atoms with Gasteiger partial charge in [-0.2, -0.15) is 10.1 Å². The highest BCUT2D eigenvalue weighted by Gasteiger charge is 2.41. The van der Waals surface area contributed by atoms with Crippen molar-refractivity contribution in [2.45, 2.75) is 38.2 Å². The number of hydrogen-bond donors (Lipinski definition) is 1. The maximum atomic E-state index is 5.89. The van der Waals surface area contributed by atoms with Crippen LogP contribution in [0, 0.1) is 0 Å². The van der Waals surface area contributed by atoms with Crippen LogP contribution in [-0.4, -0.2) is 26.9 Å². The lowest BCUT2D eigenvalue weighted by molar-refractivity contribution is -0.0610. The van der Waals surface area contributed by atoms with Gasteiger partial charge < -0.3 is 9.26 Å². The molecule has 2 aromatic heterocycles. The summed E-state index contributed by atoms with van der Waals surface area (Å²) >= 11 is 0. The maximum absolute atomic E-state index is 5.89. The molecule has 6 heteroatoms. The van der Waals surface area contributed by atoms with E-state index in [0.717, 1.165) is 31.2 Å². The summed E-state index contributed by atoms with van der Waals surface area (Å²) in [5.41, 5.74) is 0.457. The van der Waals surface area contributed by atoms with Crippen molar-refractivity contribution >= 4 is 0 Å². The number of nitrogens with zero attached hydrogens (tertiary/aromatic N) is 3. The van der Waals surface area contributed by atoms with Gasteiger partial charge in [-0.3, -0.25) is 5.10 Å². The molecule has 1 aliphatic rings. The molecule has 0 unspecified atom stereocenters. The molecule has 18 heavy (non-hydrogen) atoms. The Labute approximate surface area is 105 Å². The Hall–Kier alpha value is -1.69. The van der Waals surface area contributed by atoms with Gasteiger partial charge in [-0.1, -0.05) is 5.16 Å². The smallest absolute Gasteiger partial charge is 0.259 e. The number of hydrogen-bond acceptors (Lipinski definition) is 5. The molecule has 0 spiro atoms. The lowest BCUT2D eigenvalue weighted by Crippen LogP contribution is -2.26. The number of nitrogens with one attached hydrogen (secondary N) is 1. The largest absolute Gasteiger partial charge is 0.365 e. The fourth-order valence-corrected chi connectivity index (χ4v) is 2.54. The van der Waals surface area contributed by atoms with E-state index in [1.165, 1.54) is 0 Å². The number of ether oxygens (including phenoxy) is 1. The molecule has 0 radical (unpaired) electrons. The summed E-state index contributed by atoms with van der Waals surface area (Å²) in [6, 6.07) is 0. The Kier molecular flexibility index (Phi) is 2.87. The van der Waals surface area contributed by atoms with Crippen LogP contribution in [0.4, 0.5) is 0 Å². The summed E-state index contributed by atoms with van der Waals surface area (Å²) in [7, 11) is 0. The molecule has 3 rings (SSSR count). The van der Waals surface area contributed by atoms with E-state index in [2.05, 4.69) is 20.3 Å². The second kappa shape index (κ2) is 4.53. The van der Waals surface area contributed by atoms with E-state index in [0.29, 0.717) is 18.3 Å². The number of aromatic amines is 1. The van der Waals surface area contributed by atoms with Gasteiger partial charge in [-0.05, 0) is 32.6 Å². The first-order valence-electron chi connectivity index (χ1n) is 6.31. The molecule has 1 aliphatic carbocycles. The zero-order valence-corrected chi connectivity index (χ0v) is 10.3. The topological polar surface area (TPSA) is 76.8 Å². The fraction of sp³-hybridized carbons (Fsp3) is 0.583. The molecule has 2 heterocycles. The summed E-state index contributed by atoms with van der Waals surface area (Å²) in [6.45, 7) is 2.65. The third-order valence-electron chi connectivity index (χ3n) is 3.40. The molecular formula is C12H16N4O2. The van der Waals surface area contributed by atoms with Crippen molar-refractivity contribution in [1.82, 2.24) is 20.3 Å². The molecule has 1 N–H and O–H groups in total. The number of aromatic nitrogens is 4. The van der Waals surface area contributed by atoms with Crippen molar-refractivity contribution in [3.63, 3.8) is 0 Å². The lowest BCUT2D eigenvalue weighted by atomic mass is 10.0. The SMILES string of the molecule is CCOC1(c2nc(-c3cn[nH]c3)no2)CCCC1. The van der Waals surface area contributed by atoms with Crippen molar-refractivity contribution in [2.24, 2.45) is 0 Å². The normalized spacial score (nSPS) is 18.3. The minimum absolute atomic E-state index is 0.371. The van der Waals surface area contributed by atoms with Gasteiger partial charge in [0.15, 0.2) is 0 Å². The molecular weight excluding hydrogens is 232 g/mol. The summed E-state index contributed by atoms with van der Waals surface area (Å²) in [5.74, 6) is 1.16. The minimum atomic E-state index is -0.371. The Bertz CT molecular complexity index is 500. The van der Waals surface area contributed by atoms with Crippen LogP contribution in [0.5, 0.6) is 0 Å². The number of rotatable bonds is 4. The Morgan fingerprint density at radius 2 is 2.28 bits per heavy atom. The second-order valence-electron chi connectivity index (χ2n) is 4.54. The second-order valence-corrected chi connectivity index (χ2v) is 4.54. The van der Waals surface area contributed by atoms with Gasteiger partial charge in [0.1, 0.15) is 5.60 Å². The van der Waals surface area contributed by atoms with Gasteiger partial charge in [0, 0.05) is 12.8 Å². The average Bonchev–Trinajstić information content (AvgIpc) is 3.11. The Morgan fingerprint density at radius 1 is 1.44 bits per heavy atom. The van der Waals surface area contributed by atoms with E-state index < -0.39 is 0 Å². The molecule has 96 valence electrons. The van der Waals surface area contributed by atoms with Crippen LogP contribution in [-0.2, 0) is 10.3 Å². The van der Waals surface area contributed by atoms with E-state index in [1.807, 2.05) is 6.92 Å². The van der Waals surface area contributed by atoms with Gasteiger partial charge in [-0.15, -0.1) is 0 Å². The summed E-state index contributed by atoms with van der Waals surface area (Å²) < 4.78 is 11.3. The van der Waals surface area contributed by atoms with Crippen LogP contribution in [0.1, 0.15) is 38.5 Å². The van der Waals surface area contributed by atoms with Crippen molar-refractivity contribution in [1.29, 1.82) is 0 Å². The Balaban J connectivity index is 1.92. The first kappa shape index (κ1) is 11.4. The Morgan fingerprint density at radius 3 is 2.94 bits per heavy atom. The zero-order valence-electron chi connectivity index (χ0n) is 10.3. The predicted molar refractivity (Wildman–Crippen MR) is 63.7 cm³/mol. The highest BCUT2D eigenvalue weighted by Crippen LogP contribution is 2.41. The van der Waals surface area contributed by atoms with Crippen molar-refractivity contribution in [3.8, 4) is 11.4 Å². The van der Waals surface area contributed by atoms with Gasteiger partial charge in [-0.25, -0.2) is 0 Å². The summed E-state index contributed by atoms with van der Waals surface area (Å²) in [6.07, 6.45) is 7.61. The fourth-order valence-electron chi connectivity index (χ4n) is 2.54. The predicted octanol–water partition coefficient (Wildman–Crippen LogP) is 2.27. The molecule has 6 nitrogen and oxygen atoms in total. The first-order valence-corrected chi connectivity index (χ1v) is 6.31. The molecule has 0 amide bonds. The molecule has 0 saturated heterocycles.